The average molecular weight is 381 g/mol. The van der Waals surface area contributed by atoms with Crippen molar-refractivity contribution in [3.63, 3.8) is 0 Å². The van der Waals surface area contributed by atoms with E-state index in [2.05, 4.69) is 0 Å². The summed E-state index contributed by atoms with van der Waals surface area (Å²) in [7, 11) is 2.10. The molecule has 7 nitrogen and oxygen atoms in total. The topological polar surface area (TPSA) is 74.3 Å². The second-order valence-electron chi connectivity index (χ2n) is 5.22. The molecule has 0 spiro atoms. The molecular weight excluding hydrogens is 358 g/mol. The fraction of sp³-hybridized carbons (Fsp3) is 0.333. The first-order chi connectivity index (χ1) is 12.4. The van der Waals surface area contributed by atoms with E-state index in [0.29, 0.717) is 28.7 Å². The molecule has 0 atom stereocenters. The third-order valence-electron chi connectivity index (χ3n) is 3.88. The summed E-state index contributed by atoms with van der Waals surface area (Å²) in [5.74, 6) is 1.74. The molecule has 2 aromatic carbocycles. The van der Waals surface area contributed by atoms with E-state index < -0.39 is 10.0 Å². The van der Waals surface area contributed by atoms with Crippen molar-refractivity contribution < 1.29 is 27.4 Å². The van der Waals surface area contributed by atoms with Gasteiger partial charge in [-0.3, -0.25) is 4.31 Å². The first kappa shape index (κ1) is 19.7. The number of rotatable bonds is 8. The highest BCUT2D eigenvalue weighted by molar-refractivity contribution is 7.92. The van der Waals surface area contributed by atoms with Gasteiger partial charge in [0.1, 0.15) is 11.5 Å². The van der Waals surface area contributed by atoms with E-state index in [4.69, 9.17) is 18.9 Å². The van der Waals surface area contributed by atoms with Crippen molar-refractivity contribution in [2.24, 2.45) is 0 Å². The number of hydrogen-bond donors (Lipinski definition) is 0. The predicted molar refractivity (Wildman–Crippen MR) is 99.3 cm³/mol. The van der Waals surface area contributed by atoms with Gasteiger partial charge < -0.3 is 18.9 Å². The number of hydrogen-bond acceptors (Lipinski definition) is 6. The monoisotopic (exact) mass is 381 g/mol. The lowest BCUT2D eigenvalue weighted by atomic mass is 10.2. The van der Waals surface area contributed by atoms with Gasteiger partial charge >= 0.3 is 0 Å². The van der Waals surface area contributed by atoms with Crippen molar-refractivity contribution in [2.45, 2.75) is 11.8 Å². The number of anilines is 1. The molecule has 142 valence electrons. The van der Waals surface area contributed by atoms with Crippen LogP contribution in [-0.2, 0) is 10.0 Å². The quantitative estimate of drug-likeness (QED) is 0.700. The number of sulfonamides is 1. The Morgan fingerprint density at radius 2 is 1.42 bits per heavy atom. The van der Waals surface area contributed by atoms with Gasteiger partial charge in [-0.25, -0.2) is 8.42 Å². The van der Waals surface area contributed by atoms with Crippen molar-refractivity contribution >= 4 is 15.7 Å². The van der Waals surface area contributed by atoms with E-state index in [-0.39, 0.29) is 11.4 Å². The van der Waals surface area contributed by atoms with Crippen LogP contribution >= 0.6 is 0 Å². The number of nitrogens with zero attached hydrogens (tertiary/aromatic N) is 1. The molecule has 0 aliphatic carbocycles. The highest BCUT2D eigenvalue weighted by Gasteiger charge is 2.27. The van der Waals surface area contributed by atoms with E-state index in [0.717, 1.165) is 0 Å². The molecule has 0 fully saturated rings. The van der Waals surface area contributed by atoms with Crippen molar-refractivity contribution in [1.82, 2.24) is 0 Å². The van der Waals surface area contributed by atoms with Crippen LogP contribution in [0.1, 0.15) is 6.92 Å². The molecule has 8 heteroatoms. The van der Waals surface area contributed by atoms with Gasteiger partial charge in [0.15, 0.2) is 11.5 Å². The number of benzene rings is 2. The molecule has 0 bridgehead atoms. The average Bonchev–Trinajstić information content (AvgIpc) is 2.67. The molecule has 0 unspecified atom stereocenters. The van der Waals surface area contributed by atoms with Gasteiger partial charge in [0.25, 0.3) is 10.0 Å². The van der Waals surface area contributed by atoms with Crippen molar-refractivity contribution in [2.75, 3.05) is 39.3 Å². The van der Waals surface area contributed by atoms with Gasteiger partial charge in [0, 0.05) is 18.7 Å². The molecule has 2 rings (SSSR count). The first-order valence-corrected chi connectivity index (χ1v) is 9.33. The Labute approximate surface area is 154 Å². The Bertz CT molecular complexity index is 866. The normalized spacial score (nSPS) is 11.0. The standard InChI is InChI=1S/C18H23NO6S/c1-6-19(15-11-13(22-2)7-9-16(15)23-3)26(20,21)14-8-10-17(24-4)18(12-14)25-5/h7-12H,6H2,1-5H3. The predicted octanol–water partition coefficient (Wildman–Crippen LogP) is 2.94. The fourth-order valence-electron chi connectivity index (χ4n) is 2.57. The van der Waals surface area contributed by atoms with E-state index in [9.17, 15) is 8.42 Å². The maximum absolute atomic E-state index is 13.2. The molecule has 2 aromatic rings. The molecule has 0 amide bonds. The zero-order valence-electron chi connectivity index (χ0n) is 15.5. The third-order valence-corrected chi connectivity index (χ3v) is 5.77. The van der Waals surface area contributed by atoms with Crippen LogP contribution in [-0.4, -0.2) is 43.4 Å². The smallest absolute Gasteiger partial charge is 0.264 e. The fourth-order valence-corrected chi connectivity index (χ4v) is 4.06. The van der Waals surface area contributed by atoms with Crippen LogP contribution < -0.4 is 23.3 Å². The highest BCUT2D eigenvalue weighted by atomic mass is 32.2. The largest absolute Gasteiger partial charge is 0.497 e. The van der Waals surface area contributed by atoms with Gasteiger partial charge in [-0.1, -0.05) is 0 Å². The van der Waals surface area contributed by atoms with E-state index >= 15 is 0 Å². The summed E-state index contributed by atoms with van der Waals surface area (Å²) in [4.78, 5) is 0.0851. The lowest BCUT2D eigenvalue weighted by Gasteiger charge is -2.25. The molecule has 0 aliphatic rings. The van der Waals surface area contributed by atoms with E-state index in [1.54, 1.807) is 31.2 Å². The van der Waals surface area contributed by atoms with Crippen LogP contribution in [0, 0.1) is 0 Å². The Kier molecular flexibility index (Phi) is 6.20. The van der Waals surface area contributed by atoms with Crippen LogP contribution in [0.2, 0.25) is 0 Å². The zero-order valence-corrected chi connectivity index (χ0v) is 16.3. The Hall–Kier alpha value is -2.61. The lowest BCUT2D eigenvalue weighted by Crippen LogP contribution is -2.31. The van der Waals surface area contributed by atoms with Crippen molar-refractivity contribution in [3.8, 4) is 23.0 Å². The molecule has 0 saturated carbocycles. The van der Waals surface area contributed by atoms with E-state index in [1.807, 2.05) is 0 Å². The highest BCUT2D eigenvalue weighted by Crippen LogP contribution is 2.37. The minimum Gasteiger partial charge on any atom is -0.497 e. The number of ether oxygens (including phenoxy) is 4. The second kappa shape index (κ2) is 8.18. The minimum absolute atomic E-state index is 0.0851. The van der Waals surface area contributed by atoms with Crippen LogP contribution in [0.5, 0.6) is 23.0 Å². The van der Waals surface area contributed by atoms with E-state index in [1.165, 1.54) is 44.9 Å². The molecule has 0 saturated heterocycles. The van der Waals surface area contributed by atoms with Gasteiger partial charge in [-0.15, -0.1) is 0 Å². The van der Waals surface area contributed by atoms with Crippen molar-refractivity contribution in [1.29, 1.82) is 0 Å². The van der Waals surface area contributed by atoms with Gasteiger partial charge in [0.2, 0.25) is 0 Å². The molecule has 0 heterocycles. The Balaban J connectivity index is 2.59. The summed E-state index contributed by atoms with van der Waals surface area (Å²) < 4.78 is 48.7. The summed E-state index contributed by atoms with van der Waals surface area (Å²) >= 11 is 0. The maximum Gasteiger partial charge on any atom is 0.264 e. The summed E-state index contributed by atoms with van der Waals surface area (Å²) in [5, 5.41) is 0. The molecule has 0 aromatic heterocycles. The van der Waals surface area contributed by atoms with Gasteiger partial charge in [0.05, 0.1) is 39.0 Å². The molecule has 26 heavy (non-hydrogen) atoms. The number of methoxy groups -OCH3 is 4. The molecule has 0 radical (unpaired) electrons. The first-order valence-electron chi connectivity index (χ1n) is 7.89. The van der Waals surface area contributed by atoms with Crippen LogP contribution in [0.3, 0.4) is 0 Å². The van der Waals surface area contributed by atoms with Crippen LogP contribution in [0.4, 0.5) is 5.69 Å². The maximum atomic E-state index is 13.2. The lowest BCUT2D eigenvalue weighted by molar-refractivity contribution is 0.354. The van der Waals surface area contributed by atoms with Crippen LogP contribution in [0.15, 0.2) is 41.3 Å². The summed E-state index contributed by atoms with van der Waals surface area (Å²) in [6, 6.07) is 9.47. The minimum atomic E-state index is -3.86. The molecule has 0 aliphatic heterocycles. The Morgan fingerprint density at radius 3 is 1.96 bits per heavy atom. The van der Waals surface area contributed by atoms with Crippen molar-refractivity contribution in [3.05, 3.63) is 36.4 Å². The Morgan fingerprint density at radius 1 is 0.808 bits per heavy atom. The van der Waals surface area contributed by atoms with Gasteiger partial charge in [-0.2, -0.15) is 0 Å². The third kappa shape index (κ3) is 3.65. The summed E-state index contributed by atoms with van der Waals surface area (Å²) in [5.41, 5.74) is 0.393. The molecule has 0 N–H and O–H groups in total. The molecular formula is C18H23NO6S. The summed E-state index contributed by atoms with van der Waals surface area (Å²) in [6.45, 7) is 1.96. The SMILES string of the molecule is CCN(c1cc(OC)ccc1OC)S(=O)(=O)c1ccc(OC)c(OC)c1. The van der Waals surface area contributed by atoms with Gasteiger partial charge in [-0.05, 0) is 31.2 Å². The summed E-state index contributed by atoms with van der Waals surface area (Å²) in [6.07, 6.45) is 0. The zero-order chi connectivity index (χ0) is 19.3. The second-order valence-corrected chi connectivity index (χ2v) is 7.09. The van der Waals surface area contributed by atoms with Crippen LogP contribution in [0.25, 0.3) is 0 Å².